The van der Waals surface area contributed by atoms with Crippen molar-refractivity contribution in [3.05, 3.63) is 29.3 Å². The van der Waals surface area contributed by atoms with Gasteiger partial charge in [-0.3, -0.25) is 0 Å². The van der Waals surface area contributed by atoms with Crippen LogP contribution in [0.2, 0.25) is 0 Å². The van der Waals surface area contributed by atoms with Crippen molar-refractivity contribution in [3.8, 4) is 5.75 Å². The number of hydrogen-bond donors (Lipinski definition) is 2. The SMILES string of the molecule is COC(c1cc(C)ccc1O)C(C)O. The number of aliphatic hydroxyl groups is 1. The fourth-order valence-electron chi connectivity index (χ4n) is 1.49. The van der Waals surface area contributed by atoms with Gasteiger partial charge in [-0.05, 0) is 26.0 Å². The van der Waals surface area contributed by atoms with Crippen molar-refractivity contribution in [1.29, 1.82) is 0 Å². The molecule has 0 aromatic heterocycles. The second-order valence-corrected chi connectivity index (χ2v) is 3.46. The van der Waals surface area contributed by atoms with Crippen LogP contribution in [-0.2, 0) is 4.74 Å². The van der Waals surface area contributed by atoms with Crippen molar-refractivity contribution in [1.82, 2.24) is 0 Å². The van der Waals surface area contributed by atoms with Crippen LogP contribution in [0.5, 0.6) is 5.75 Å². The van der Waals surface area contributed by atoms with Gasteiger partial charge in [0.1, 0.15) is 11.9 Å². The van der Waals surface area contributed by atoms with Gasteiger partial charge >= 0.3 is 0 Å². The van der Waals surface area contributed by atoms with E-state index in [-0.39, 0.29) is 5.75 Å². The monoisotopic (exact) mass is 196 g/mol. The molecule has 0 amide bonds. The molecule has 0 fully saturated rings. The molecule has 0 aliphatic carbocycles. The Morgan fingerprint density at radius 1 is 1.36 bits per heavy atom. The minimum Gasteiger partial charge on any atom is -0.508 e. The normalized spacial score (nSPS) is 15.1. The van der Waals surface area contributed by atoms with Gasteiger partial charge in [0.2, 0.25) is 0 Å². The summed E-state index contributed by atoms with van der Waals surface area (Å²) in [4.78, 5) is 0. The molecule has 0 aliphatic heterocycles. The van der Waals surface area contributed by atoms with E-state index in [0.29, 0.717) is 5.56 Å². The summed E-state index contributed by atoms with van der Waals surface area (Å²) in [6.07, 6.45) is -1.12. The molecule has 1 aromatic rings. The number of aliphatic hydroxyl groups excluding tert-OH is 1. The van der Waals surface area contributed by atoms with E-state index in [0.717, 1.165) is 5.56 Å². The summed E-state index contributed by atoms with van der Waals surface area (Å²) >= 11 is 0. The predicted molar refractivity (Wildman–Crippen MR) is 54.3 cm³/mol. The maximum absolute atomic E-state index is 9.59. The van der Waals surface area contributed by atoms with Gasteiger partial charge in [-0.2, -0.15) is 0 Å². The van der Waals surface area contributed by atoms with Crippen LogP contribution in [0.1, 0.15) is 24.2 Å². The topological polar surface area (TPSA) is 49.7 Å². The molecule has 1 rings (SSSR count). The molecule has 1 aromatic carbocycles. The smallest absolute Gasteiger partial charge is 0.121 e. The lowest BCUT2D eigenvalue weighted by Crippen LogP contribution is -2.16. The summed E-state index contributed by atoms with van der Waals surface area (Å²) in [7, 11) is 1.51. The molecule has 0 radical (unpaired) electrons. The highest BCUT2D eigenvalue weighted by Gasteiger charge is 2.19. The van der Waals surface area contributed by atoms with Crippen LogP contribution in [-0.4, -0.2) is 23.4 Å². The summed E-state index contributed by atoms with van der Waals surface area (Å²) in [5.41, 5.74) is 1.66. The van der Waals surface area contributed by atoms with Crippen molar-refractivity contribution >= 4 is 0 Å². The fourth-order valence-corrected chi connectivity index (χ4v) is 1.49. The molecule has 0 spiro atoms. The number of benzene rings is 1. The molecular formula is C11H16O3. The Hall–Kier alpha value is -1.06. The van der Waals surface area contributed by atoms with E-state index in [1.807, 2.05) is 19.1 Å². The third-order valence-corrected chi connectivity index (χ3v) is 2.18. The van der Waals surface area contributed by atoms with E-state index in [1.54, 1.807) is 13.0 Å². The molecule has 0 heterocycles. The molecule has 3 heteroatoms. The third kappa shape index (κ3) is 2.25. The second kappa shape index (κ2) is 4.44. The number of phenols is 1. The number of ether oxygens (including phenoxy) is 1. The van der Waals surface area contributed by atoms with E-state index in [2.05, 4.69) is 0 Å². The molecule has 2 N–H and O–H groups in total. The molecule has 78 valence electrons. The molecule has 0 saturated carbocycles. The number of phenolic OH excluding ortho intramolecular Hbond substituents is 1. The number of aromatic hydroxyl groups is 1. The third-order valence-electron chi connectivity index (χ3n) is 2.18. The summed E-state index contributed by atoms with van der Waals surface area (Å²) in [5, 5.41) is 19.0. The van der Waals surface area contributed by atoms with Gasteiger partial charge in [-0.1, -0.05) is 11.6 Å². The molecule has 14 heavy (non-hydrogen) atoms. The maximum Gasteiger partial charge on any atom is 0.121 e. The van der Waals surface area contributed by atoms with Gasteiger partial charge in [0.25, 0.3) is 0 Å². The molecule has 2 atom stereocenters. The van der Waals surface area contributed by atoms with Crippen LogP contribution in [0.25, 0.3) is 0 Å². The quantitative estimate of drug-likeness (QED) is 0.774. The van der Waals surface area contributed by atoms with Crippen LogP contribution in [0.15, 0.2) is 18.2 Å². The number of hydrogen-bond acceptors (Lipinski definition) is 3. The highest BCUT2D eigenvalue weighted by Crippen LogP contribution is 2.29. The summed E-state index contributed by atoms with van der Waals surface area (Å²) in [5.74, 6) is 0.156. The summed E-state index contributed by atoms with van der Waals surface area (Å²) < 4.78 is 5.12. The van der Waals surface area contributed by atoms with Gasteiger partial charge in [0, 0.05) is 12.7 Å². The van der Waals surface area contributed by atoms with Gasteiger partial charge in [-0.25, -0.2) is 0 Å². The van der Waals surface area contributed by atoms with Gasteiger partial charge in [0.15, 0.2) is 0 Å². The van der Waals surface area contributed by atoms with Crippen molar-refractivity contribution in [2.24, 2.45) is 0 Å². The molecule has 0 saturated heterocycles. The van der Waals surface area contributed by atoms with Crippen molar-refractivity contribution in [2.75, 3.05) is 7.11 Å². The average molecular weight is 196 g/mol. The first-order valence-electron chi connectivity index (χ1n) is 4.56. The standard InChI is InChI=1S/C11H16O3/c1-7-4-5-10(13)9(6-7)11(14-3)8(2)12/h4-6,8,11-13H,1-3H3. The first-order chi connectivity index (χ1) is 6.56. The van der Waals surface area contributed by atoms with Crippen LogP contribution in [0.3, 0.4) is 0 Å². The number of methoxy groups -OCH3 is 1. The highest BCUT2D eigenvalue weighted by molar-refractivity contribution is 5.37. The minimum atomic E-state index is -0.646. The van der Waals surface area contributed by atoms with E-state index in [1.165, 1.54) is 7.11 Å². The van der Waals surface area contributed by atoms with E-state index < -0.39 is 12.2 Å². The maximum atomic E-state index is 9.59. The zero-order valence-corrected chi connectivity index (χ0v) is 8.69. The van der Waals surface area contributed by atoms with E-state index in [9.17, 15) is 10.2 Å². The van der Waals surface area contributed by atoms with Gasteiger partial charge in [0.05, 0.1) is 6.10 Å². The highest BCUT2D eigenvalue weighted by atomic mass is 16.5. The van der Waals surface area contributed by atoms with Crippen LogP contribution < -0.4 is 0 Å². The zero-order chi connectivity index (χ0) is 10.7. The summed E-state index contributed by atoms with van der Waals surface area (Å²) in [6, 6.07) is 5.24. The zero-order valence-electron chi connectivity index (χ0n) is 8.69. The van der Waals surface area contributed by atoms with Crippen LogP contribution in [0.4, 0.5) is 0 Å². The van der Waals surface area contributed by atoms with Crippen molar-refractivity contribution in [2.45, 2.75) is 26.1 Å². The first kappa shape index (κ1) is 11.0. The van der Waals surface area contributed by atoms with Crippen LogP contribution >= 0.6 is 0 Å². The van der Waals surface area contributed by atoms with Crippen molar-refractivity contribution < 1.29 is 14.9 Å². The van der Waals surface area contributed by atoms with Crippen LogP contribution in [0, 0.1) is 6.92 Å². The lowest BCUT2D eigenvalue weighted by molar-refractivity contribution is -0.00475. The Balaban J connectivity index is 3.08. The lowest BCUT2D eigenvalue weighted by atomic mass is 10.0. The Morgan fingerprint density at radius 3 is 2.50 bits per heavy atom. The number of aryl methyl sites for hydroxylation is 1. The fraction of sp³-hybridized carbons (Fsp3) is 0.455. The largest absolute Gasteiger partial charge is 0.508 e. The summed E-state index contributed by atoms with van der Waals surface area (Å²) in [6.45, 7) is 3.56. The molecule has 0 aliphatic rings. The Bertz CT molecular complexity index is 307. The average Bonchev–Trinajstić information content (AvgIpc) is 2.11. The molecular weight excluding hydrogens is 180 g/mol. The molecule has 2 unspecified atom stereocenters. The second-order valence-electron chi connectivity index (χ2n) is 3.46. The van der Waals surface area contributed by atoms with E-state index in [4.69, 9.17) is 4.74 Å². The Kier molecular flexibility index (Phi) is 3.49. The minimum absolute atomic E-state index is 0.156. The van der Waals surface area contributed by atoms with Gasteiger partial charge in [-0.15, -0.1) is 0 Å². The lowest BCUT2D eigenvalue weighted by Gasteiger charge is -2.20. The molecule has 3 nitrogen and oxygen atoms in total. The Morgan fingerprint density at radius 2 is 2.00 bits per heavy atom. The van der Waals surface area contributed by atoms with E-state index >= 15 is 0 Å². The van der Waals surface area contributed by atoms with Gasteiger partial charge < -0.3 is 14.9 Å². The van der Waals surface area contributed by atoms with Crippen molar-refractivity contribution in [3.63, 3.8) is 0 Å². The molecule has 0 bridgehead atoms. The number of rotatable bonds is 3. The predicted octanol–water partition coefficient (Wildman–Crippen LogP) is 1.77. The first-order valence-corrected chi connectivity index (χ1v) is 4.56. The Labute approximate surface area is 84.0 Å².